The lowest BCUT2D eigenvalue weighted by molar-refractivity contribution is -0.119. The van der Waals surface area contributed by atoms with Gasteiger partial charge in [-0.05, 0) is 6.92 Å². The number of nitrogens with zero attached hydrogens (tertiary/aromatic N) is 1. The monoisotopic (exact) mass is 241 g/mol. The predicted octanol–water partition coefficient (Wildman–Crippen LogP) is 1.27. The van der Waals surface area contributed by atoms with Gasteiger partial charge in [0.2, 0.25) is 5.91 Å². The highest BCUT2D eigenvalue weighted by Crippen LogP contribution is 2.17. The Bertz CT molecular complexity index is 401. The van der Waals surface area contributed by atoms with Gasteiger partial charge in [-0.25, -0.2) is 4.98 Å². The summed E-state index contributed by atoms with van der Waals surface area (Å²) in [4.78, 5) is 26.6. The van der Waals surface area contributed by atoms with Crippen LogP contribution < -0.4 is 11.1 Å². The second-order valence-corrected chi connectivity index (χ2v) is 4.59. The van der Waals surface area contributed by atoms with E-state index in [0.717, 1.165) is 0 Å². The molecule has 2 unspecified atom stereocenters. The van der Waals surface area contributed by atoms with Crippen LogP contribution in [0.3, 0.4) is 0 Å². The number of hydrogen-bond acceptors (Lipinski definition) is 5. The number of rotatable bonds is 4. The Morgan fingerprint density at radius 1 is 1.50 bits per heavy atom. The molecule has 5 nitrogen and oxygen atoms in total. The van der Waals surface area contributed by atoms with Gasteiger partial charge in [-0.3, -0.25) is 9.59 Å². The molecule has 0 aliphatic heterocycles. The highest BCUT2D eigenvalue weighted by atomic mass is 32.1. The van der Waals surface area contributed by atoms with Crippen molar-refractivity contribution < 1.29 is 9.59 Å². The van der Waals surface area contributed by atoms with Crippen molar-refractivity contribution in [2.24, 2.45) is 11.7 Å². The number of thiazole rings is 1. The maximum Gasteiger partial charge on any atom is 0.230 e. The number of Topliss-reactive ketones (excluding diaryl/α,β-unsaturated/α-hetero) is 1. The third-order valence-corrected chi connectivity index (χ3v) is 3.05. The molecule has 88 valence electrons. The molecule has 1 amide bonds. The summed E-state index contributed by atoms with van der Waals surface area (Å²) in [6.45, 7) is 4.96. The van der Waals surface area contributed by atoms with Gasteiger partial charge in [0.1, 0.15) is 5.69 Å². The van der Waals surface area contributed by atoms with Crippen molar-refractivity contribution in [2.75, 3.05) is 5.32 Å². The minimum Gasteiger partial charge on any atom is -0.327 e. The van der Waals surface area contributed by atoms with Crippen LogP contribution in [0.2, 0.25) is 0 Å². The van der Waals surface area contributed by atoms with Gasteiger partial charge in [-0.1, -0.05) is 6.92 Å². The summed E-state index contributed by atoms with van der Waals surface area (Å²) in [7, 11) is 0. The first kappa shape index (κ1) is 12.8. The number of aromatic nitrogens is 1. The van der Waals surface area contributed by atoms with Crippen LogP contribution in [0.5, 0.6) is 0 Å². The van der Waals surface area contributed by atoms with E-state index >= 15 is 0 Å². The van der Waals surface area contributed by atoms with E-state index in [1.54, 1.807) is 19.2 Å². The number of anilines is 1. The Morgan fingerprint density at radius 3 is 2.56 bits per heavy atom. The molecule has 0 aliphatic rings. The zero-order valence-corrected chi connectivity index (χ0v) is 10.3. The topological polar surface area (TPSA) is 85.1 Å². The van der Waals surface area contributed by atoms with Gasteiger partial charge in [0.15, 0.2) is 10.9 Å². The molecule has 0 saturated heterocycles. The van der Waals surface area contributed by atoms with Crippen LogP contribution in [-0.4, -0.2) is 22.7 Å². The number of carbonyl (C=O) groups excluding carboxylic acids is 2. The Labute approximate surface area is 98.1 Å². The number of nitrogens with one attached hydrogen (secondary N) is 1. The van der Waals surface area contributed by atoms with E-state index in [1.165, 1.54) is 18.3 Å². The van der Waals surface area contributed by atoms with E-state index in [9.17, 15) is 9.59 Å². The number of nitrogens with two attached hydrogens (primary N) is 1. The zero-order valence-electron chi connectivity index (χ0n) is 9.48. The lowest BCUT2D eigenvalue weighted by Crippen LogP contribution is -2.34. The predicted molar refractivity (Wildman–Crippen MR) is 63.6 cm³/mol. The minimum atomic E-state index is -0.287. The average Bonchev–Trinajstić information content (AvgIpc) is 2.64. The molecule has 0 spiro atoms. The van der Waals surface area contributed by atoms with Crippen molar-refractivity contribution in [2.45, 2.75) is 26.8 Å². The summed E-state index contributed by atoms with van der Waals surface area (Å²) in [5, 5.41) is 4.69. The molecule has 0 saturated carbocycles. The van der Waals surface area contributed by atoms with E-state index in [-0.39, 0.29) is 23.7 Å². The van der Waals surface area contributed by atoms with E-state index < -0.39 is 0 Å². The van der Waals surface area contributed by atoms with Crippen molar-refractivity contribution in [1.82, 2.24) is 4.98 Å². The number of hydrogen-bond donors (Lipinski definition) is 2. The van der Waals surface area contributed by atoms with Gasteiger partial charge >= 0.3 is 0 Å². The molecule has 16 heavy (non-hydrogen) atoms. The molecule has 6 heteroatoms. The minimum absolute atomic E-state index is 0.114. The van der Waals surface area contributed by atoms with Crippen molar-refractivity contribution in [3.63, 3.8) is 0 Å². The van der Waals surface area contributed by atoms with E-state index in [1.807, 2.05) is 0 Å². The molecule has 1 aromatic heterocycles. The molecule has 3 N–H and O–H groups in total. The Balaban J connectivity index is 2.66. The summed E-state index contributed by atoms with van der Waals surface area (Å²) >= 11 is 1.23. The van der Waals surface area contributed by atoms with E-state index in [2.05, 4.69) is 10.3 Å². The smallest absolute Gasteiger partial charge is 0.230 e. The molecule has 1 rings (SSSR count). The van der Waals surface area contributed by atoms with Gasteiger partial charge in [0.05, 0.1) is 5.92 Å². The fraction of sp³-hybridized carbons (Fsp3) is 0.500. The molecular formula is C10H15N3O2S. The normalized spacial score (nSPS) is 14.2. The van der Waals surface area contributed by atoms with Gasteiger partial charge in [-0.2, -0.15) is 0 Å². The third-order valence-electron chi connectivity index (χ3n) is 2.30. The average molecular weight is 241 g/mol. The second kappa shape index (κ2) is 5.18. The molecule has 1 heterocycles. The summed E-state index contributed by atoms with van der Waals surface area (Å²) in [6.07, 6.45) is 0. The zero-order chi connectivity index (χ0) is 12.3. The van der Waals surface area contributed by atoms with Crippen molar-refractivity contribution in [3.8, 4) is 0 Å². The maximum atomic E-state index is 11.6. The quantitative estimate of drug-likeness (QED) is 0.777. The summed E-state index contributed by atoms with van der Waals surface area (Å²) in [6, 6.07) is -0.216. The van der Waals surface area contributed by atoms with Crippen LogP contribution in [0.1, 0.15) is 31.3 Å². The molecule has 0 aliphatic carbocycles. The highest BCUT2D eigenvalue weighted by molar-refractivity contribution is 7.14. The second-order valence-electron chi connectivity index (χ2n) is 3.73. The molecule has 2 atom stereocenters. The summed E-state index contributed by atoms with van der Waals surface area (Å²) in [5.41, 5.74) is 5.98. The van der Waals surface area contributed by atoms with Gasteiger partial charge in [0.25, 0.3) is 0 Å². The van der Waals surface area contributed by atoms with Crippen LogP contribution in [0.25, 0.3) is 0 Å². The van der Waals surface area contributed by atoms with Crippen LogP contribution in [0, 0.1) is 5.92 Å². The fourth-order valence-corrected chi connectivity index (χ4v) is 1.70. The number of ketones is 1. The molecule has 0 radical (unpaired) electrons. The Hall–Kier alpha value is -1.27. The van der Waals surface area contributed by atoms with Crippen LogP contribution in [0.4, 0.5) is 5.13 Å². The first-order valence-electron chi connectivity index (χ1n) is 4.94. The third kappa shape index (κ3) is 3.11. The highest BCUT2D eigenvalue weighted by Gasteiger charge is 2.18. The lowest BCUT2D eigenvalue weighted by atomic mass is 10.0. The first-order chi connectivity index (χ1) is 7.41. The summed E-state index contributed by atoms with van der Waals surface area (Å²) in [5.74, 6) is -0.582. The largest absolute Gasteiger partial charge is 0.327 e. The van der Waals surface area contributed by atoms with Crippen molar-refractivity contribution >= 4 is 28.2 Å². The van der Waals surface area contributed by atoms with Gasteiger partial charge in [0, 0.05) is 18.3 Å². The molecule has 0 bridgehead atoms. The van der Waals surface area contributed by atoms with Crippen LogP contribution in [-0.2, 0) is 4.79 Å². The lowest BCUT2D eigenvalue weighted by Gasteiger charge is -2.13. The fourth-order valence-electron chi connectivity index (χ4n) is 0.951. The SMILES string of the molecule is CC(=O)c1csc(NC(=O)C(C)C(C)N)n1. The van der Waals surface area contributed by atoms with E-state index in [0.29, 0.717) is 10.8 Å². The maximum absolute atomic E-state index is 11.6. The summed E-state index contributed by atoms with van der Waals surface area (Å²) < 4.78 is 0. The van der Waals surface area contributed by atoms with Gasteiger partial charge < -0.3 is 11.1 Å². The Kier molecular flexibility index (Phi) is 4.14. The first-order valence-corrected chi connectivity index (χ1v) is 5.82. The number of carbonyl (C=O) groups is 2. The van der Waals surface area contributed by atoms with Crippen LogP contribution in [0.15, 0.2) is 5.38 Å². The molecule has 1 aromatic rings. The van der Waals surface area contributed by atoms with E-state index in [4.69, 9.17) is 5.73 Å². The number of amides is 1. The molecule has 0 fully saturated rings. The van der Waals surface area contributed by atoms with Crippen LogP contribution >= 0.6 is 11.3 Å². The Morgan fingerprint density at radius 2 is 2.12 bits per heavy atom. The van der Waals surface area contributed by atoms with Crippen molar-refractivity contribution in [3.05, 3.63) is 11.1 Å². The molecular weight excluding hydrogens is 226 g/mol. The standard InChI is InChI=1S/C10H15N3O2S/c1-5(6(2)11)9(15)13-10-12-8(4-16-10)7(3)14/h4-6H,11H2,1-3H3,(H,12,13,15). The molecule has 0 aromatic carbocycles. The van der Waals surface area contributed by atoms with Crippen molar-refractivity contribution in [1.29, 1.82) is 0 Å². The van der Waals surface area contributed by atoms with Gasteiger partial charge in [-0.15, -0.1) is 11.3 Å².